The Bertz CT molecular complexity index is 465. The van der Waals surface area contributed by atoms with Gasteiger partial charge in [0.05, 0.1) is 12.5 Å². The van der Waals surface area contributed by atoms with E-state index in [0.717, 1.165) is 44.8 Å². The van der Waals surface area contributed by atoms with Crippen LogP contribution in [0, 0.1) is 5.92 Å². The van der Waals surface area contributed by atoms with E-state index in [4.69, 9.17) is 4.74 Å². The predicted octanol–water partition coefficient (Wildman–Crippen LogP) is 2.29. The summed E-state index contributed by atoms with van der Waals surface area (Å²) in [6.45, 7) is 7.93. The maximum absolute atomic E-state index is 11.9. The van der Waals surface area contributed by atoms with Crippen molar-refractivity contribution in [2.24, 2.45) is 5.92 Å². The number of nitrogens with zero attached hydrogens (tertiary/aromatic N) is 2. The van der Waals surface area contributed by atoms with Crippen LogP contribution in [0.2, 0.25) is 0 Å². The van der Waals surface area contributed by atoms with E-state index >= 15 is 0 Å². The highest BCUT2D eigenvalue weighted by molar-refractivity contribution is 5.72. The molecule has 1 N–H and O–H groups in total. The van der Waals surface area contributed by atoms with E-state index in [2.05, 4.69) is 28.2 Å². The van der Waals surface area contributed by atoms with Gasteiger partial charge in [0.2, 0.25) is 0 Å². The lowest BCUT2D eigenvalue weighted by atomic mass is 9.98. The summed E-state index contributed by atoms with van der Waals surface area (Å²) in [5.74, 6) is 0.882. The third-order valence-corrected chi connectivity index (χ3v) is 3.71. The van der Waals surface area contributed by atoms with Crippen LogP contribution in [0.4, 0.5) is 5.82 Å². The SMILES string of the molecule is CCNc1cc(CN2CCCC(C(=O)OCC)C2)ccn1. The first-order valence-corrected chi connectivity index (χ1v) is 7.80. The molecule has 0 aliphatic carbocycles. The van der Waals surface area contributed by atoms with Gasteiger partial charge in [-0.2, -0.15) is 0 Å². The van der Waals surface area contributed by atoms with Gasteiger partial charge in [-0.05, 0) is 50.9 Å². The quantitative estimate of drug-likeness (QED) is 0.815. The van der Waals surface area contributed by atoms with Crippen LogP contribution < -0.4 is 5.32 Å². The van der Waals surface area contributed by atoms with E-state index in [1.807, 2.05) is 19.2 Å². The molecule has 0 spiro atoms. The minimum Gasteiger partial charge on any atom is -0.466 e. The summed E-state index contributed by atoms with van der Waals surface area (Å²) >= 11 is 0. The van der Waals surface area contributed by atoms with Crippen LogP contribution in [-0.4, -0.2) is 42.1 Å². The fraction of sp³-hybridized carbons (Fsp3) is 0.625. The molecule has 0 saturated carbocycles. The van der Waals surface area contributed by atoms with Crippen LogP contribution >= 0.6 is 0 Å². The third-order valence-electron chi connectivity index (χ3n) is 3.71. The Labute approximate surface area is 126 Å². The average molecular weight is 291 g/mol. The highest BCUT2D eigenvalue weighted by Gasteiger charge is 2.26. The zero-order valence-electron chi connectivity index (χ0n) is 13.0. The molecule has 1 aromatic heterocycles. The van der Waals surface area contributed by atoms with Gasteiger partial charge in [0.25, 0.3) is 0 Å². The van der Waals surface area contributed by atoms with Crippen molar-refractivity contribution in [2.45, 2.75) is 33.2 Å². The maximum atomic E-state index is 11.9. The number of aromatic nitrogens is 1. The van der Waals surface area contributed by atoms with Crippen molar-refractivity contribution < 1.29 is 9.53 Å². The fourth-order valence-corrected chi connectivity index (χ4v) is 2.76. The summed E-state index contributed by atoms with van der Waals surface area (Å²) in [5.41, 5.74) is 1.23. The summed E-state index contributed by atoms with van der Waals surface area (Å²) < 4.78 is 5.15. The molecule has 0 aromatic carbocycles. The van der Waals surface area contributed by atoms with Gasteiger partial charge in [-0.1, -0.05) is 0 Å². The minimum absolute atomic E-state index is 0.0220. The second-order valence-corrected chi connectivity index (χ2v) is 5.41. The smallest absolute Gasteiger partial charge is 0.310 e. The molecule has 2 rings (SSSR count). The Morgan fingerprint density at radius 3 is 3.14 bits per heavy atom. The van der Waals surface area contributed by atoms with Crippen molar-refractivity contribution in [2.75, 3.05) is 31.6 Å². The molecule has 0 radical (unpaired) electrons. The molecule has 5 nitrogen and oxygen atoms in total. The Morgan fingerprint density at radius 1 is 1.52 bits per heavy atom. The largest absolute Gasteiger partial charge is 0.466 e. The van der Waals surface area contributed by atoms with Crippen molar-refractivity contribution in [3.8, 4) is 0 Å². The van der Waals surface area contributed by atoms with Gasteiger partial charge in [-0.25, -0.2) is 4.98 Å². The van der Waals surface area contributed by atoms with Crippen LogP contribution in [0.3, 0.4) is 0 Å². The molecular formula is C16H25N3O2. The van der Waals surface area contributed by atoms with Gasteiger partial charge in [0.1, 0.15) is 5.82 Å². The second kappa shape index (κ2) is 7.98. The lowest BCUT2D eigenvalue weighted by molar-refractivity contribution is -0.150. The topological polar surface area (TPSA) is 54.5 Å². The molecule has 1 fully saturated rings. The Hall–Kier alpha value is -1.62. The zero-order valence-corrected chi connectivity index (χ0v) is 13.0. The number of carbonyl (C=O) groups is 1. The maximum Gasteiger partial charge on any atom is 0.310 e. The van der Waals surface area contributed by atoms with Crippen molar-refractivity contribution in [3.05, 3.63) is 23.9 Å². The molecule has 21 heavy (non-hydrogen) atoms. The second-order valence-electron chi connectivity index (χ2n) is 5.41. The number of anilines is 1. The minimum atomic E-state index is -0.0507. The van der Waals surface area contributed by atoms with Gasteiger partial charge in [-0.15, -0.1) is 0 Å². The van der Waals surface area contributed by atoms with Gasteiger partial charge >= 0.3 is 5.97 Å². The van der Waals surface area contributed by atoms with Gasteiger partial charge in [-0.3, -0.25) is 9.69 Å². The van der Waals surface area contributed by atoms with E-state index in [9.17, 15) is 4.79 Å². The first-order valence-electron chi connectivity index (χ1n) is 7.80. The molecule has 2 heterocycles. The monoisotopic (exact) mass is 291 g/mol. The lowest BCUT2D eigenvalue weighted by Gasteiger charge is -2.31. The van der Waals surface area contributed by atoms with E-state index in [-0.39, 0.29) is 11.9 Å². The molecule has 0 amide bonds. The molecular weight excluding hydrogens is 266 g/mol. The molecule has 1 aliphatic heterocycles. The highest BCUT2D eigenvalue weighted by Crippen LogP contribution is 2.20. The number of pyridine rings is 1. The standard InChI is InChI=1S/C16H25N3O2/c1-3-17-15-10-13(7-8-18-15)11-19-9-5-6-14(12-19)16(20)21-4-2/h7-8,10,14H,3-6,9,11-12H2,1-2H3,(H,17,18). The Balaban J connectivity index is 1.93. The lowest BCUT2D eigenvalue weighted by Crippen LogP contribution is -2.38. The fourth-order valence-electron chi connectivity index (χ4n) is 2.76. The first kappa shape index (κ1) is 15.8. The molecule has 1 aliphatic rings. The zero-order chi connectivity index (χ0) is 15.1. The van der Waals surface area contributed by atoms with Gasteiger partial charge < -0.3 is 10.1 Å². The predicted molar refractivity (Wildman–Crippen MR) is 83.0 cm³/mol. The Kier molecular flexibility index (Phi) is 5.99. The van der Waals surface area contributed by atoms with Gasteiger partial charge in [0, 0.05) is 25.8 Å². The molecule has 1 atom stereocenters. The van der Waals surface area contributed by atoms with Crippen molar-refractivity contribution in [3.63, 3.8) is 0 Å². The number of likely N-dealkylation sites (tertiary alicyclic amines) is 1. The molecule has 1 unspecified atom stereocenters. The molecule has 116 valence electrons. The number of ether oxygens (including phenoxy) is 1. The number of nitrogens with one attached hydrogen (secondary N) is 1. The molecule has 1 saturated heterocycles. The Morgan fingerprint density at radius 2 is 2.38 bits per heavy atom. The summed E-state index contributed by atoms with van der Waals surface area (Å²) in [7, 11) is 0. The van der Waals surface area contributed by atoms with Crippen LogP contribution in [0.1, 0.15) is 32.3 Å². The summed E-state index contributed by atoms with van der Waals surface area (Å²) in [4.78, 5) is 18.5. The van der Waals surface area contributed by atoms with E-state index in [1.165, 1.54) is 5.56 Å². The van der Waals surface area contributed by atoms with Gasteiger partial charge in [0.15, 0.2) is 0 Å². The number of piperidine rings is 1. The number of hydrogen-bond acceptors (Lipinski definition) is 5. The number of esters is 1. The number of carbonyl (C=O) groups excluding carboxylic acids is 1. The molecule has 0 bridgehead atoms. The van der Waals surface area contributed by atoms with Crippen molar-refractivity contribution in [1.29, 1.82) is 0 Å². The summed E-state index contributed by atoms with van der Waals surface area (Å²) in [5, 5.41) is 3.23. The van der Waals surface area contributed by atoms with Crippen LogP contribution in [-0.2, 0) is 16.1 Å². The summed E-state index contributed by atoms with van der Waals surface area (Å²) in [6, 6.07) is 4.12. The average Bonchev–Trinajstić information content (AvgIpc) is 2.48. The normalized spacial score (nSPS) is 19.2. The van der Waals surface area contributed by atoms with Crippen LogP contribution in [0.25, 0.3) is 0 Å². The summed E-state index contributed by atoms with van der Waals surface area (Å²) in [6.07, 6.45) is 3.82. The molecule has 1 aromatic rings. The van der Waals surface area contributed by atoms with E-state index in [0.29, 0.717) is 6.61 Å². The van der Waals surface area contributed by atoms with Crippen molar-refractivity contribution >= 4 is 11.8 Å². The van der Waals surface area contributed by atoms with Crippen LogP contribution in [0.15, 0.2) is 18.3 Å². The third kappa shape index (κ3) is 4.70. The van der Waals surface area contributed by atoms with Crippen LogP contribution in [0.5, 0.6) is 0 Å². The van der Waals surface area contributed by atoms with E-state index < -0.39 is 0 Å². The van der Waals surface area contributed by atoms with E-state index in [1.54, 1.807) is 0 Å². The first-order chi connectivity index (χ1) is 10.2. The number of hydrogen-bond donors (Lipinski definition) is 1. The highest BCUT2D eigenvalue weighted by atomic mass is 16.5. The number of rotatable bonds is 6. The van der Waals surface area contributed by atoms with Crippen molar-refractivity contribution in [1.82, 2.24) is 9.88 Å². The molecule has 5 heteroatoms.